The number of alkyl halides is 3. The lowest BCUT2D eigenvalue weighted by Gasteiger charge is -2.16. The lowest BCUT2D eigenvalue weighted by Crippen LogP contribution is -2.27. The number of rotatable bonds is 5. The van der Waals surface area contributed by atoms with Crippen molar-refractivity contribution < 1.29 is 18.0 Å². The fourth-order valence-corrected chi connectivity index (χ4v) is 2.31. The Morgan fingerprint density at radius 2 is 2.04 bits per heavy atom. The molecule has 1 atom stereocenters. The van der Waals surface area contributed by atoms with Crippen molar-refractivity contribution in [1.82, 2.24) is 19.7 Å². The molecule has 0 fully saturated rings. The van der Waals surface area contributed by atoms with E-state index in [2.05, 4.69) is 20.4 Å². The van der Waals surface area contributed by atoms with Gasteiger partial charge in [0.25, 0.3) is 0 Å². The van der Waals surface area contributed by atoms with Crippen molar-refractivity contribution >= 4 is 34.9 Å². The van der Waals surface area contributed by atoms with E-state index in [1.807, 2.05) is 0 Å². The van der Waals surface area contributed by atoms with Crippen LogP contribution in [0.2, 0.25) is 10.2 Å². The third-order valence-corrected chi connectivity index (χ3v) is 3.48. The summed E-state index contributed by atoms with van der Waals surface area (Å²) >= 11 is 11.2. The van der Waals surface area contributed by atoms with E-state index < -0.39 is 28.8 Å². The minimum atomic E-state index is -4.70. The van der Waals surface area contributed by atoms with Crippen molar-refractivity contribution in [3.05, 3.63) is 34.5 Å². The Balaban J connectivity index is 2.25. The number of hydrogen-bond donors (Lipinski definition) is 1. The van der Waals surface area contributed by atoms with Gasteiger partial charge in [-0.15, -0.1) is 0 Å². The Bertz CT molecular complexity index is 717. The first-order chi connectivity index (χ1) is 11.2. The van der Waals surface area contributed by atoms with E-state index in [9.17, 15) is 18.0 Å². The van der Waals surface area contributed by atoms with Gasteiger partial charge in [0.1, 0.15) is 11.2 Å². The molecule has 1 amide bonds. The predicted molar refractivity (Wildman–Crippen MR) is 81.9 cm³/mol. The van der Waals surface area contributed by atoms with Crippen LogP contribution in [0.1, 0.15) is 31.5 Å². The van der Waals surface area contributed by atoms with E-state index in [1.165, 1.54) is 12.4 Å². The summed E-state index contributed by atoms with van der Waals surface area (Å²) in [6.07, 6.45) is -0.431. The SMILES string of the molecule is CCCC(C(=O)Nc1cnc(Cl)cn1)n1cc(Cl)c(C(F)(F)F)n1. The maximum Gasteiger partial charge on any atom is 0.436 e. The molecule has 0 aromatic carbocycles. The van der Waals surface area contributed by atoms with Crippen molar-refractivity contribution in [2.24, 2.45) is 0 Å². The lowest BCUT2D eigenvalue weighted by atomic mass is 10.1. The van der Waals surface area contributed by atoms with Gasteiger partial charge in [0.05, 0.1) is 17.4 Å². The second-order valence-corrected chi connectivity index (χ2v) is 5.62. The van der Waals surface area contributed by atoms with Crippen LogP contribution in [0.5, 0.6) is 0 Å². The summed E-state index contributed by atoms with van der Waals surface area (Å²) in [4.78, 5) is 20.0. The van der Waals surface area contributed by atoms with Crippen molar-refractivity contribution in [2.45, 2.75) is 32.0 Å². The molecule has 6 nitrogen and oxygen atoms in total. The number of nitrogens with one attached hydrogen (secondary N) is 1. The molecule has 2 aromatic rings. The van der Waals surface area contributed by atoms with Crippen LogP contribution in [0.15, 0.2) is 18.6 Å². The van der Waals surface area contributed by atoms with E-state index in [-0.39, 0.29) is 17.4 Å². The maximum absolute atomic E-state index is 12.8. The van der Waals surface area contributed by atoms with Crippen LogP contribution in [0.3, 0.4) is 0 Å². The average Bonchev–Trinajstić information content (AvgIpc) is 2.88. The summed E-state index contributed by atoms with van der Waals surface area (Å²) in [5, 5.41) is 5.46. The molecule has 24 heavy (non-hydrogen) atoms. The normalized spacial score (nSPS) is 12.9. The van der Waals surface area contributed by atoms with Gasteiger partial charge < -0.3 is 5.32 Å². The first-order valence-corrected chi connectivity index (χ1v) is 7.58. The summed E-state index contributed by atoms with van der Waals surface area (Å²) in [6.45, 7) is 1.79. The molecular formula is C13H12Cl2F3N5O. The van der Waals surface area contributed by atoms with Gasteiger partial charge >= 0.3 is 6.18 Å². The Kier molecular flexibility index (Phi) is 5.66. The van der Waals surface area contributed by atoms with Gasteiger partial charge in [0.15, 0.2) is 11.5 Å². The van der Waals surface area contributed by atoms with Gasteiger partial charge in [-0.05, 0) is 6.42 Å². The molecule has 11 heteroatoms. The number of anilines is 1. The summed E-state index contributed by atoms with van der Waals surface area (Å²) < 4.78 is 39.3. The highest BCUT2D eigenvalue weighted by Gasteiger charge is 2.38. The van der Waals surface area contributed by atoms with Gasteiger partial charge in [-0.25, -0.2) is 9.97 Å². The Labute approximate surface area is 145 Å². The maximum atomic E-state index is 12.8. The molecular weight excluding hydrogens is 370 g/mol. The minimum Gasteiger partial charge on any atom is -0.308 e. The number of carbonyl (C=O) groups excluding carboxylic acids is 1. The topological polar surface area (TPSA) is 72.7 Å². The standard InChI is InChI=1S/C13H12Cl2F3N5O/c1-2-3-8(12(24)21-10-5-19-9(15)4-20-10)23-6-7(14)11(22-23)13(16,17)18/h4-6,8H,2-3H2,1H3,(H,20,21,24). The summed E-state index contributed by atoms with van der Waals surface area (Å²) in [5.74, 6) is -0.457. The molecule has 2 aromatic heterocycles. The molecule has 0 radical (unpaired) electrons. The second-order valence-electron chi connectivity index (χ2n) is 4.82. The smallest absolute Gasteiger partial charge is 0.308 e. The molecule has 0 aliphatic heterocycles. The van der Waals surface area contributed by atoms with Crippen molar-refractivity contribution in [3.63, 3.8) is 0 Å². The number of halogens is 5. The van der Waals surface area contributed by atoms with Crippen LogP contribution in [0.4, 0.5) is 19.0 Å². The number of nitrogens with zero attached hydrogens (tertiary/aromatic N) is 4. The first kappa shape index (κ1) is 18.5. The Morgan fingerprint density at radius 3 is 2.54 bits per heavy atom. The van der Waals surface area contributed by atoms with Gasteiger partial charge in [-0.2, -0.15) is 18.3 Å². The highest BCUT2D eigenvalue weighted by atomic mass is 35.5. The highest BCUT2D eigenvalue weighted by Crippen LogP contribution is 2.34. The first-order valence-electron chi connectivity index (χ1n) is 6.82. The number of aromatic nitrogens is 4. The highest BCUT2D eigenvalue weighted by molar-refractivity contribution is 6.31. The van der Waals surface area contributed by atoms with Gasteiger partial charge in [-0.1, -0.05) is 36.5 Å². The minimum absolute atomic E-state index is 0.125. The van der Waals surface area contributed by atoms with Crippen LogP contribution in [-0.4, -0.2) is 25.7 Å². The zero-order chi connectivity index (χ0) is 17.9. The average molecular weight is 382 g/mol. The zero-order valence-electron chi connectivity index (χ0n) is 12.3. The van der Waals surface area contributed by atoms with E-state index in [0.29, 0.717) is 6.42 Å². The molecule has 0 bridgehead atoms. The van der Waals surface area contributed by atoms with E-state index in [0.717, 1.165) is 10.9 Å². The van der Waals surface area contributed by atoms with Gasteiger partial charge in [0.2, 0.25) is 5.91 Å². The lowest BCUT2D eigenvalue weighted by molar-refractivity contribution is -0.141. The van der Waals surface area contributed by atoms with Crippen LogP contribution < -0.4 is 5.32 Å². The third-order valence-electron chi connectivity index (χ3n) is 3.01. The molecule has 0 spiro atoms. The van der Waals surface area contributed by atoms with Crippen LogP contribution in [0, 0.1) is 0 Å². The number of amides is 1. The van der Waals surface area contributed by atoms with Crippen LogP contribution >= 0.6 is 23.2 Å². The molecule has 0 saturated carbocycles. The molecule has 2 heterocycles. The van der Waals surface area contributed by atoms with E-state index >= 15 is 0 Å². The molecule has 130 valence electrons. The fraction of sp³-hybridized carbons (Fsp3) is 0.385. The molecule has 0 saturated heterocycles. The monoisotopic (exact) mass is 381 g/mol. The van der Waals surface area contributed by atoms with Crippen LogP contribution in [0.25, 0.3) is 0 Å². The predicted octanol–water partition coefficient (Wildman–Crippen LogP) is 3.98. The molecule has 0 aliphatic carbocycles. The van der Waals surface area contributed by atoms with Crippen LogP contribution in [-0.2, 0) is 11.0 Å². The zero-order valence-corrected chi connectivity index (χ0v) is 13.8. The number of carbonyl (C=O) groups is 1. The van der Waals surface area contributed by atoms with Gasteiger partial charge in [-0.3, -0.25) is 9.48 Å². The van der Waals surface area contributed by atoms with Gasteiger partial charge in [0, 0.05) is 6.20 Å². The number of hydrogen-bond acceptors (Lipinski definition) is 4. The molecule has 2 rings (SSSR count). The largest absolute Gasteiger partial charge is 0.436 e. The summed E-state index contributed by atoms with van der Waals surface area (Å²) in [7, 11) is 0. The second kappa shape index (κ2) is 7.35. The van der Waals surface area contributed by atoms with E-state index in [1.54, 1.807) is 6.92 Å². The molecule has 1 N–H and O–H groups in total. The molecule has 0 aliphatic rings. The van der Waals surface area contributed by atoms with Crippen molar-refractivity contribution in [1.29, 1.82) is 0 Å². The quantitative estimate of drug-likeness (QED) is 0.849. The Morgan fingerprint density at radius 1 is 1.33 bits per heavy atom. The Hall–Kier alpha value is -1.87. The summed E-state index contributed by atoms with van der Waals surface area (Å²) in [6, 6.07) is -0.971. The van der Waals surface area contributed by atoms with Crippen molar-refractivity contribution in [3.8, 4) is 0 Å². The van der Waals surface area contributed by atoms with E-state index in [4.69, 9.17) is 23.2 Å². The fourth-order valence-electron chi connectivity index (χ4n) is 1.96. The molecule has 1 unspecified atom stereocenters. The third kappa shape index (κ3) is 4.35. The summed E-state index contributed by atoms with van der Waals surface area (Å²) in [5.41, 5.74) is -1.23. The van der Waals surface area contributed by atoms with Crippen molar-refractivity contribution in [2.75, 3.05) is 5.32 Å².